The maximum absolute atomic E-state index is 12.3. The van der Waals surface area contributed by atoms with Gasteiger partial charge >= 0.3 is 0 Å². The summed E-state index contributed by atoms with van der Waals surface area (Å²) in [4.78, 5) is 24.5. The molecule has 5 rings (SSSR count). The number of allylic oxidation sites excluding steroid dienone is 2. The van der Waals surface area contributed by atoms with E-state index in [2.05, 4.69) is 36.4 Å². The molecule has 1 aromatic rings. The van der Waals surface area contributed by atoms with Crippen LogP contribution in [0.3, 0.4) is 0 Å². The Labute approximate surface area is 142 Å². The molecule has 1 aromatic carbocycles. The zero-order chi connectivity index (χ0) is 16.3. The first-order valence-corrected chi connectivity index (χ1v) is 9.31. The Kier molecular flexibility index (Phi) is 3.16. The van der Waals surface area contributed by atoms with Crippen LogP contribution in [-0.2, 0) is 9.59 Å². The summed E-state index contributed by atoms with van der Waals surface area (Å²) in [7, 11) is 0. The standard InChI is InChI=1S/C22H22O2/c23-21-17-7-5-15(11-17)19(21)9-13-1-2-14(4-3-13)10-20-16-6-8-18(12-16)22(20)24/h1-4,9-10,15-18H,5-8,11-12H2. The fraction of sp³-hybridized carbons (Fsp3) is 0.455. The van der Waals surface area contributed by atoms with E-state index in [1.807, 2.05) is 0 Å². The Balaban J connectivity index is 1.39. The van der Waals surface area contributed by atoms with Gasteiger partial charge in [-0.05, 0) is 84.8 Å². The van der Waals surface area contributed by atoms with Crippen molar-refractivity contribution in [3.8, 4) is 0 Å². The average molecular weight is 318 g/mol. The van der Waals surface area contributed by atoms with Crippen LogP contribution in [0.4, 0.5) is 0 Å². The first-order chi connectivity index (χ1) is 11.7. The third-order valence-electron chi connectivity index (χ3n) is 6.64. The first kappa shape index (κ1) is 14.4. The predicted molar refractivity (Wildman–Crippen MR) is 94.1 cm³/mol. The molecule has 4 atom stereocenters. The molecule has 0 spiro atoms. The third-order valence-corrected chi connectivity index (χ3v) is 6.64. The SMILES string of the molecule is O=C1C(=Cc2ccc(C=C3C(=O)C4CCC3C4)cc2)C2CCC1C2. The van der Waals surface area contributed by atoms with Crippen LogP contribution in [0.5, 0.6) is 0 Å². The van der Waals surface area contributed by atoms with Crippen LogP contribution < -0.4 is 0 Å². The zero-order valence-corrected chi connectivity index (χ0v) is 13.8. The lowest BCUT2D eigenvalue weighted by Crippen LogP contribution is -2.12. The van der Waals surface area contributed by atoms with Gasteiger partial charge in [0, 0.05) is 11.8 Å². The molecule has 0 aliphatic heterocycles. The Morgan fingerprint density at radius 3 is 1.33 bits per heavy atom. The van der Waals surface area contributed by atoms with Crippen molar-refractivity contribution in [1.82, 2.24) is 0 Å². The number of carbonyl (C=O) groups excluding carboxylic acids is 2. The summed E-state index contributed by atoms with van der Waals surface area (Å²) >= 11 is 0. The van der Waals surface area contributed by atoms with Gasteiger partial charge in [0.05, 0.1) is 0 Å². The first-order valence-electron chi connectivity index (χ1n) is 9.31. The van der Waals surface area contributed by atoms with Crippen molar-refractivity contribution in [2.24, 2.45) is 23.7 Å². The molecule has 4 saturated carbocycles. The van der Waals surface area contributed by atoms with Crippen LogP contribution in [0.2, 0.25) is 0 Å². The van der Waals surface area contributed by atoms with E-state index < -0.39 is 0 Å². The molecule has 2 heteroatoms. The molecule has 4 unspecified atom stereocenters. The van der Waals surface area contributed by atoms with E-state index in [0.29, 0.717) is 35.2 Å². The van der Waals surface area contributed by atoms with Crippen molar-refractivity contribution in [3.63, 3.8) is 0 Å². The highest BCUT2D eigenvalue weighted by Gasteiger charge is 2.43. The summed E-state index contributed by atoms with van der Waals surface area (Å²) in [6, 6.07) is 8.32. The summed E-state index contributed by atoms with van der Waals surface area (Å²) < 4.78 is 0. The van der Waals surface area contributed by atoms with E-state index >= 15 is 0 Å². The molecular weight excluding hydrogens is 296 g/mol. The fourth-order valence-electron chi connectivity index (χ4n) is 5.30. The molecule has 2 nitrogen and oxygen atoms in total. The molecule has 122 valence electrons. The van der Waals surface area contributed by atoms with Crippen LogP contribution >= 0.6 is 0 Å². The van der Waals surface area contributed by atoms with Gasteiger partial charge in [0.25, 0.3) is 0 Å². The highest BCUT2D eigenvalue weighted by molar-refractivity contribution is 6.05. The van der Waals surface area contributed by atoms with Crippen molar-refractivity contribution in [2.45, 2.75) is 38.5 Å². The predicted octanol–water partition coefficient (Wildman–Crippen LogP) is 4.45. The van der Waals surface area contributed by atoms with Gasteiger partial charge in [-0.15, -0.1) is 0 Å². The zero-order valence-electron chi connectivity index (χ0n) is 13.8. The molecule has 4 fully saturated rings. The Morgan fingerprint density at radius 2 is 1.00 bits per heavy atom. The largest absolute Gasteiger partial charge is 0.294 e. The maximum atomic E-state index is 12.3. The summed E-state index contributed by atoms with van der Waals surface area (Å²) in [6.45, 7) is 0. The van der Waals surface area contributed by atoms with E-state index in [0.717, 1.165) is 48.0 Å². The van der Waals surface area contributed by atoms with Gasteiger partial charge in [-0.3, -0.25) is 9.59 Å². The van der Waals surface area contributed by atoms with Gasteiger partial charge in [-0.2, -0.15) is 0 Å². The van der Waals surface area contributed by atoms with Gasteiger partial charge in [0.2, 0.25) is 0 Å². The van der Waals surface area contributed by atoms with Crippen LogP contribution in [0.15, 0.2) is 35.4 Å². The van der Waals surface area contributed by atoms with Crippen molar-refractivity contribution in [3.05, 3.63) is 46.5 Å². The quantitative estimate of drug-likeness (QED) is 0.755. The number of fused-ring (bicyclic) bond motifs is 4. The smallest absolute Gasteiger partial charge is 0.162 e. The average Bonchev–Trinajstić information content (AvgIpc) is 3.34. The highest BCUT2D eigenvalue weighted by Crippen LogP contribution is 2.47. The van der Waals surface area contributed by atoms with Crippen LogP contribution in [0.25, 0.3) is 12.2 Å². The van der Waals surface area contributed by atoms with Gasteiger partial charge < -0.3 is 0 Å². The van der Waals surface area contributed by atoms with Crippen LogP contribution in [-0.4, -0.2) is 11.6 Å². The van der Waals surface area contributed by atoms with E-state index in [1.54, 1.807) is 0 Å². The van der Waals surface area contributed by atoms with Crippen LogP contribution in [0.1, 0.15) is 49.7 Å². The minimum atomic E-state index is 0.300. The van der Waals surface area contributed by atoms with Gasteiger partial charge in [-0.1, -0.05) is 24.3 Å². The molecule has 0 radical (unpaired) electrons. The fourth-order valence-corrected chi connectivity index (χ4v) is 5.30. The number of benzene rings is 1. The number of ketones is 2. The van der Waals surface area contributed by atoms with Crippen molar-refractivity contribution < 1.29 is 9.59 Å². The van der Waals surface area contributed by atoms with Crippen LogP contribution in [0, 0.1) is 23.7 Å². The summed E-state index contributed by atoms with van der Waals surface area (Å²) in [6.07, 6.45) is 10.8. The lowest BCUT2D eigenvalue weighted by Gasteiger charge is -2.13. The topological polar surface area (TPSA) is 34.1 Å². The third kappa shape index (κ3) is 2.16. The molecule has 0 aromatic heterocycles. The lowest BCUT2D eigenvalue weighted by atomic mass is 9.91. The number of hydrogen-bond donors (Lipinski definition) is 0. The molecule has 0 N–H and O–H groups in total. The Morgan fingerprint density at radius 1 is 0.625 bits per heavy atom. The van der Waals surface area contributed by atoms with E-state index in [9.17, 15) is 9.59 Å². The second-order valence-corrected chi connectivity index (χ2v) is 8.01. The van der Waals surface area contributed by atoms with Gasteiger partial charge in [0.15, 0.2) is 11.6 Å². The monoisotopic (exact) mass is 318 g/mol. The van der Waals surface area contributed by atoms with E-state index in [4.69, 9.17) is 0 Å². The van der Waals surface area contributed by atoms with Gasteiger partial charge in [-0.25, -0.2) is 0 Å². The molecule has 0 heterocycles. The van der Waals surface area contributed by atoms with E-state index in [-0.39, 0.29) is 0 Å². The minimum Gasteiger partial charge on any atom is -0.294 e. The molecular formula is C22H22O2. The highest BCUT2D eigenvalue weighted by atomic mass is 16.1. The molecule has 0 amide bonds. The summed E-state index contributed by atoms with van der Waals surface area (Å²) in [5.74, 6) is 2.35. The molecule has 4 aliphatic rings. The molecule has 24 heavy (non-hydrogen) atoms. The molecule has 0 saturated heterocycles. The van der Waals surface area contributed by atoms with E-state index in [1.165, 1.54) is 12.8 Å². The Bertz CT molecular complexity index is 714. The summed E-state index contributed by atoms with van der Waals surface area (Å²) in [5.41, 5.74) is 4.29. The normalized spacial score (nSPS) is 37.3. The number of rotatable bonds is 2. The number of hydrogen-bond acceptors (Lipinski definition) is 2. The Hall–Kier alpha value is -1.96. The minimum absolute atomic E-state index is 0.300. The second-order valence-electron chi connectivity index (χ2n) is 8.01. The maximum Gasteiger partial charge on any atom is 0.162 e. The molecule has 4 aliphatic carbocycles. The second kappa shape index (κ2) is 5.27. The summed E-state index contributed by atoms with van der Waals surface area (Å²) in [5, 5.41) is 0. The van der Waals surface area contributed by atoms with Gasteiger partial charge in [0.1, 0.15) is 0 Å². The van der Waals surface area contributed by atoms with Crippen molar-refractivity contribution in [2.75, 3.05) is 0 Å². The molecule has 4 bridgehead atoms. The number of Topliss-reactive ketones (excluding diaryl/α,β-unsaturated/α-hetero) is 2. The lowest BCUT2D eigenvalue weighted by molar-refractivity contribution is -0.119. The van der Waals surface area contributed by atoms with Crippen molar-refractivity contribution >= 4 is 23.7 Å². The van der Waals surface area contributed by atoms with Crippen molar-refractivity contribution in [1.29, 1.82) is 0 Å². The number of carbonyl (C=O) groups is 2.